The van der Waals surface area contributed by atoms with Crippen molar-refractivity contribution < 1.29 is 9.53 Å². The largest absolute Gasteiger partial charge is 0.480 e. The van der Waals surface area contributed by atoms with Gasteiger partial charge in [-0.3, -0.25) is 4.79 Å². The molecular weight excluding hydrogens is 180 g/mol. The molecule has 0 aromatic heterocycles. The number of hydrogen-bond acceptors (Lipinski definition) is 3. The second kappa shape index (κ2) is 3.21. The Kier molecular flexibility index (Phi) is 2.04. The third-order valence-electron chi connectivity index (χ3n) is 2.30. The Morgan fingerprint density at radius 3 is 3.14 bits per heavy atom. The van der Waals surface area contributed by atoms with E-state index in [9.17, 15) is 4.79 Å². The lowest BCUT2D eigenvalue weighted by molar-refractivity contribution is -0.126. The van der Waals surface area contributed by atoms with Crippen molar-refractivity contribution in [3.8, 4) is 5.75 Å². The molecule has 0 bridgehead atoms. The van der Waals surface area contributed by atoms with Gasteiger partial charge in [-0.15, -0.1) is 0 Å². The number of rotatable bonds is 1. The molecule has 1 atom stereocenters. The maximum atomic E-state index is 11.3. The summed E-state index contributed by atoms with van der Waals surface area (Å²) in [5.41, 5.74) is 7.33. The number of ether oxygens (including phenoxy) is 1. The lowest BCUT2D eigenvalue weighted by Gasteiger charge is -2.07. The molecule has 0 aliphatic carbocycles. The lowest BCUT2D eigenvalue weighted by atomic mass is 10.1. The molecule has 0 saturated carbocycles. The van der Waals surface area contributed by atoms with Crippen LogP contribution in [0.2, 0.25) is 0 Å². The van der Waals surface area contributed by atoms with Crippen LogP contribution in [0.4, 0.5) is 5.69 Å². The smallest absolute Gasteiger partial charge is 0.261 e. The van der Waals surface area contributed by atoms with Crippen molar-refractivity contribution in [1.82, 2.24) is 5.32 Å². The highest BCUT2D eigenvalue weighted by atomic mass is 16.5. The van der Waals surface area contributed by atoms with Crippen molar-refractivity contribution in [3.05, 3.63) is 23.8 Å². The number of amides is 1. The molecule has 1 heterocycles. The van der Waals surface area contributed by atoms with E-state index in [1.807, 2.05) is 6.07 Å². The molecule has 0 saturated heterocycles. The summed E-state index contributed by atoms with van der Waals surface area (Å²) < 4.78 is 5.45. The van der Waals surface area contributed by atoms with E-state index in [1.165, 1.54) is 0 Å². The Morgan fingerprint density at radius 1 is 1.64 bits per heavy atom. The molecule has 4 nitrogen and oxygen atoms in total. The van der Waals surface area contributed by atoms with E-state index in [0.717, 1.165) is 11.3 Å². The van der Waals surface area contributed by atoms with Crippen LogP contribution in [0.5, 0.6) is 5.75 Å². The summed E-state index contributed by atoms with van der Waals surface area (Å²) in [4.78, 5) is 11.3. The molecule has 14 heavy (non-hydrogen) atoms. The zero-order chi connectivity index (χ0) is 10.1. The third kappa shape index (κ3) is 1.39. The molecule has 1 aromatic rings. The zero-order valence-electron chi connectivity index (χ0n) is 7.91. The fourth-order valence-corrected chi connectivity index (χ4v) is 1.58. The summed E-state index contributed by atoms with van der Waals surface area (Å²) in [5.74, 6) is 0.660. The van der Waals surface area contributed by atoms with Gasteiger partial charge in [-0.2, -0.15) is 0 Å². The summed E-state index contributed by atoms with van der Waals surface area (Å²) in [6, 6.07) is 5.41. The number of fused-ring (bicyclic) bond motifs is 1. The summed E-state index contributed by atoms with van der Waals surface area (Å²) in [6.45, 7) is 0. The Morgan fingerprint density at radius 2 is 2.43 bits per heavy atom. The predicted molar refractivity (Wildman–Crippen MR) is 53.0 cm³/mol. The van der Waals surface area contributed by atoms with E-state index >= 15 is 0 Å². The van der Waals surface area contributed by atoms with Crippen LogP contribution in [0.15, 0.2) is 18.2 Å². The van der Waals surface area contributed by atoms with Crippen LogP contribution in [-0.4, -0.2) is 19.1 Å². The van der Waals surface area contributed by atoms with Crippen LogP contribution < -0.4 is 15.8 Å². The molecule has 1 amide bonds. The molecule has 3 N–H and O–H groups in total. The topological polar surface area (TPSA) is 64.4 Å². The quantitative estimate of drug-likeness (QED) is 0.630. The average Bonchev–Trinajstić information content (AvgIpc) is 2.59. The van der Waals surface area contributed by atoms with Crippen molar-refractivity contribution in [2.24, 2.45) is 0 Å². The monoisotopic (exact) mass is 192 g/mol. The number of anilines is 1. The number of hydrogen-bond donors (Lipinski definition) is 2. The zero-order valence-corrected chi connectivity index (χ0v) is 7.91. The van der Waals surface area contributed by atoms with Crippen LogP contribution in [0.25, 0.3) is 0 Å². The van der Waals surface area contributed by atoms with Crippen molar-refractivity contribution in [2.75, 3.05) is 12.8 Å². The van der Waals surface area contributed by atoms with E-state index in [2.05, 4.69) is 5.32 Å². The number of carbonyl (C=O) groups is 1. The van der Waals surface area contributed by atoms with Crippen LogP contribution in [0, 0.1) is 0 Å². The molecule has 1 unspecified atom stereocenters. The first-order valence-corrected chi connectivity index (χ1v) is 4.47. The van der Waals surface area contributed by atoms with E-state index in [-0.39, 0.29) is 5.91 Å². The second-order valence-corrected chi connectivity index (χ2v) is 3.29. The minimum absolute atomic E-state index is 0.0974. The van der Waals surface area contributed by atoms with Gasteiger partial charge in [0.2, 0.25) is 0 Å². The number of likely N-dealkylation sites (N-methyl/N-ethyl adjacent to an activating group) is 1. The van der Waals surface area contributed by atoms with Crippen molar-refractivity contribution in [3.63, 3.8) is 0 Å². The number of carbonyl (C=O) groups excluding carboxylic acids is 1. The first kappa shape index (κ1) is 8.87. The van der Waals surface area contributed by atoms with Crippen LogP contribution in [-0.2, 0) is 11.2 Å². The fourth-order valence-electron chi connectivity index (χ4n) is 1.58. The fraction of sp³-hybridized carbons (Fsp3) is 0.300. The Hall–Kier alpha value is -1.71. The Labute approximate surface area is 82.1 Å². The first-order valence-electron chi connectivity index (χ1n) is 4.47. The molecule has 1 aromatic carbocycles. The summed E-state index contributed by atoms with van der Waals surface area (Å²) in [5, 5.41) is 2.56. The van der Waals surface area contributed by atoms with Crippen molar-refractivity contribution >= 4 is 11.6 Å². The summed E-state index contributed by atoms with van der Waals surface area (Å²) in [6.07, 6.45) is 0.192. The van der Waals surface area contributed by atoms with Gasteiger partial charge in [0.25, 0.3) is 5.91 Å². The first-order chi connectivity index (χ1) is 6.70. The maximum absolute atomic E-state index is 11.3. The highest BCUT2D eigenvalue weighted by molar-refractivity contribution is 5.82. The van der Waals surface area contributed by atoms with Gasteiger partial charge in [0.05, 0.1) is 0 Å². The summed E-state index contributed by atoms with van der Waals surface area (Å²) >= 11 is 0. The number of benzene rings is 1. The van der Waals surface area contributed by atoms with Crippen LogP contribution in [0.3, 0.4) is 0 Å². The van der Waals surface area contributed by atoms with Crippen molar-refractivity contribution in [2.45, 2.75) is 12.5 Å². The number of nitrogen functional groups attached to an aromatic ring is 1. The standard InChI is InChI=1S/C10H12N2O2/c1-12-10(13)9-5-6-4-7(11)2-3-8(6)14-9/h2-4,9H,5,11H2,1H3,(H,12,13). The Balaban J connectivity index is 2.22. The van der Waals surface area contributed by atoms with E-state index in [1.54, 1.807) is 19.2 Å². The van der Waals surface area contributed by atoms with Gasteiger partial charge in [0.15, 0.2) is 6.10 Å². The summed E-state index contributed by atoms with van der Waals surface area (Å²) in [7, 11) is 1.60. The van der Waals surface area contributed by atoms with Crippen LogP contribution >= 0.6 is 0 Å². The second-order valence-electron chi connectivity index (χ2n) is 3.29. The molecule has 1 aliphatic heterocycles. The molecular formula is C10H12N2O2. The van der Waals surface area contributed by atoms with Gasteiger partial charge in [0, 0.05) is 24.7 Å². The van der Waals surface area contributed by atoms with Gasteiger partial charge in [0.1, 0.15) is 5.75 Å². The highest BCUT2D eigenvalue weighted by Gasteiger charge is 2.28. The van der Waals surface area contributed by atoms with Crippen LogP contribution in [0.1, 0.15) is 5.56 Å². The van der Waals surface area contributed by atoms with Gasteiger partial charge in [-0.05, 0) is 18.2 Å². The molecule has 0 radical (unpaired) electrons. The highest BCUT2D eigenvalue weighted by Crippen LogP contribution is 2.30. The SMILES string of the molecule is CNC(=O)C1Cc2cc(N)ccc2O1. The number of nitrogens with one attached hydrogen (secondary N) is 1. The molecule has 74 valence electrons. The van der Waals surface area contributed by atoms with Gasteiger partial charge >= 0.3 is 0 Å². The lowest BCUT2D eigenvalue weighted by Crippen LogP contribution is -2.34. The van der Waals surface area contributed by atoms with E-state index in [0.29, 0.717) is 12.1 Å². The van der Waals surface area contributed by atoms with Crippen molar-refractivity contribution in [1.29, 1.82) is 0 Å². The normalized spacial score (nSPS) is 18.5. The van der Waals surface area contributed by atoms with E-state index < -0.39 is 6.10 Å². The maximum Gasteiger partial charge on any atom is 0.261 e. The van der Waals surface area contributed by atoms with Gasteiger partial charge in [-0.25, -0.2) is 0 Å². The van der Waals surface area contributed by atoms with E-state index in [4.69, 9.17) is 10.5 Å². The van der Waals surface area contributed by atoms with Gasteiger partial charge in [-0.1, -0.05) is 0 Å². The molecule has 2 rings (SSSR count). The minimum Gasteiger partial charge on any atom is -0.480 e. The molecule has 4 heteroatoms. The third-order valence-corrected chi connectivity index (χ3v) is 2.30. The number of nitrogens with two attached hydrogens (primary N) is 1. The Bertz CT molecular complexity index is 376. The average molecular weight is 192 g/mol. The molecule has 0 spiro atoms. The molecule has 1 aliphatic rings. The molecule has 0 fully saturated rings. The predicted octanol–water partition coefficient (Wildman–Crippen LogP) is 0.318. The minimum atomic E-state index is -0.406. The van der Waals surface area contributed by atoms with Gasteiger partial charge < -0.3 is 15.8 Å².